The third kappa shape index (κ3) is 2.58. The highest BCUT2D eigenvalue weighted by atomic mass is 15.1. The van der Waals surface area contributed by atoms with E-state index < -0.39 is 0 Å². The van der Waals surface area contributed by atoms with Gasteiger partial charge in [0.05, 0.1) is 0 Å². The second-order valence-corrected chi connectivity index (χ2v) is 4.44. The highest BCUT2D eigenvalue weighted by Crippen LogP contribution is 2.19. The fourth-order valence-electron chi connectivity index (χ4n) is 2.25. The molecule has 1 heterocycles. The van der Waals surface area contributed by atoms with Crippen LogP contribution < -0.4 is 5.73 Å². The zero-order valence-electron chi connectivity index (χ0n) is 9.50. The molecule has 0 saturated heterocycles. The zero-order valence-corrected chi connectivity index (χ0v) is 9.50. The zero-order chi connectivity index (χ0) is 10.7. The Morgan fingerprint density at radius 1 is 1.33 bits per heavy atom. The van der Waals surface area contributed by atoms with Gasteiger partial charge in [0, 0.05) is 13.1 Å². The van der Waals surface area contributed by atoms with Crippen molar-refractivity contribution in [3.05, 3.63) is 34.9 Å². The van der Waals surface area contributed by atoms with Gasteiger partial charge in [0.2, 0.25) is 0 Å². The molecule has 0 unspecified atom stereocenters. The van der Waals surface area contributed by atoms with Gasteiger partial charge in [-0.1, -0.05) is 23.8 Å². The smallest absolute Gasteiger partial charge is 0.0236 e. The van der Waals surface area contributed by atoms with Crippen molar-refractivity contribution < 1.29 is 0 Å². The van der Waals surface area contributed by atoms with Crippen LogP contribution in [0, 0.1) is 6.92 Å². The largest absolute Gasteiger partial charge is 0.330 e. The summed E-state index contributed by atoms with van der Waals surface area (Å²) in [5, 5.41) is 0. The summed E-state index contributed by atoms with van der Waals surface area (Å²) in [6.07, 6.45) is 2.31. The van der Waals surface area contributed by atoms with Crippen molar-refractivity contribution in [3.8, 4) is 0 Å². The van der Waals surface area contributed by atoms with Gasteiger partial charge in [-0.15, -0.1) is 0 Å². The first-order chi connectivity index (χ1) is 7.29. The molecule has 1 aliphatic heterocycles. The molecule has 0 aliphatic carbocycles. The summed E-state index contributed by atoms with van der Waals surface area (Å²) in [4.78, 5) is 2.50. The van der Waals surface area contributed by atoms with E-state index >= 15 is 0 Å². The summed E-state index contributed by atoms with van der Waals surface area (Å²) in [5.74, 6) is 0. The maximum absolute atomic E-state index is 5.53. The summed E-state index contributed by atoms with van der Waals surface area (Å²) in [5.41, 5.74) is 9.96. The second-order valence-electron chi connectivity index (χ2n) is 4.44. The molecule has 0 saturated carbocycles. The molecule has 0 atom stereocenters. The summed E-state index contributed by atoms with van der Waals surface area (Å²) in [6.45, 7) is 6.41. The summed E-state index contributed by atoms with van der Waals surface area (Å²) in [7, 11) is 0. The van der Waals surface area contributed by atoms with Crippen molar-refractivity contribution in [1.29, 1.82) is 0 Å². The standard InChI is InChI=1S/C13H20N2/c1-11-3-4-13-10-15(7-2-6-14)8-5-12(13)9-11/h3-4,9H,2,5-8,10,14H2,1H3. The lowest BCUT2D eigenvalue weighted by Gasteiger charge is -2.28. The number of nitrogens with two attached hydrogens (primary N) is 1. The highest BCUT2D eigenvalue weighted by molar-refractivity contribution is 5.33. The molecular weight excluding hydrogens is 184 g/mol. The lowest BCUT2D eigenvalue weighted by Crippen LogP contribution is -2.32. The van der Waals surface area contributed by atoms with Gasteiger partial charge in [-0.25, -0.2) is 0 Å². The maximum atomic E-state index is 5.53. The fourth-order valence-corrected chi connectivity index (χ4v) is 2.25. The van der Waals surface area contributed by atoms with Crippen molar-refractivity contribution in [3.63, 3.8) is 0 Å². The van der Waals surface area contributed by atoms with E-state index in [0.29, 0.717) is 0 Å². The minimum atomic E-state index is 0.803. The van der Waals surface area contributed by atoms with E-state index in [1.165, 1.54) is 24.1 Å². The van der Waals surface area contributed by atoms with E-state index in [9.17, 15) is 0 Å². The van der Waals surface area contributed by atoms with Crippen LogP contribution in [0.1, 0.15) is 23.1 Å². The molecule has 0 radical (unpaired) electrons. The van der Waals surface area contributed by atoms with E-state index in [0.717, 1.165) is 26.1 Å². The van der Waals surface area contributed by atoms with Gasteiger partial charge in [0.25, 0.3) is 0 Å². The Hall–Kier alpha value is -0.860. The van der Waals surface area contributed by atoms with Crippen LogP contribution >= 0.6 is 0 Å². The number of hydrogen-bond acceptors (Lipinski definition) is 2. The average Bonchev–Trinajstić information content (AvgIpc) is 2.26. The van der Waals surface area contributed by atoms with E-state index in [2.05, 4.69) is 30.0 Å². The summed E-state index contributed by atoms with van der Waals surface area (Å²) >= 11 is 0. The van der Waals surface area contributed by atoms with Gasteiger partial charge in [-0.3, -0.25) is 4.90 Å². The molecular formula is C13H20N2. The van der Waals surface area contributed by atoms with Crippen LogP contribution in [0.3, 0.4) is 0 Å². The van der Waals surface area contributed by atoms with Crippen LogP contribution in [-0.4, -0.2) is 24.5 Å². The van der Waals surface area contributed by atoms with Crippen LogP contribution in [0.5, 0.6) is 0 Å². The molecule has 82 valence electrons. The molecule has 2 nitrogen and oxygen atoms in total. The van der Waals surface area contributed by atoms with Crippen LogP contribution in [0.15, 0.2) is 18.2 Å². The Bertz CT molecular complexity index is 333. The molecule has 0 spiro atoms. The molecule has 0 aromatic heterocycles. The summed E-state index contributed by atoms with van der Waals surface area (Å²) in [6, 6.07) is 6.82. The van der Waals surface area contributed by atoms with Gasteiger partial charge in [0.15, 0.2) is 0 Å². The molecule has 2 heteroatoms. The molecule has 2 N–H and O–H groups in total. The predicted molar refractivity (Wildman–Crippen MR) is 63.8 cm³/mol. The Balaban J connectivity index is 2.03. The van der Waals surface area contributed by atoms with Crippen molar-refractivity contribution in [1.82, 2.24) is 4.90 Å². The minimum Gasteiger partial charge on any atom is -0.330 e. The number of fused-ring (bicyclic) bond motifs is 1. The summed E-state index contributed by atoms with van der Waals surface area (Å²) < 4.78 is 0. The number of aryl methyl sites for hydroxylation is 1. The monoisotopic (exact) mass is 204 g/mol. The molecule has 1 aliphatic rings. The van der Waals surface area contributed by atoms with Crippen LogP contribution in [0.4, 0.5) is 0 Å². The van der Waals surface area contributed by atoms with Gasteiger partial charge in [0.1, 0.15) is 0 Å². The van der Waals surface area contributed by atoms with Gasteiger partial charge >= 0.3 is 0 Å². The number of benzene rings is 1. The van der Waals surface area contributed by atoms with Crippen LogP contribution in [0.2, 0.25) is 0 Å². The number of rotatable bonds is 3. The van der Waals surface area contributed by atoms with Crippen molar-refractivity contribution >= 4 is 0 Å². The van der Waals surface area contributed by atoms with Crippen LogP contribution in [0.25, 0.3) is 0 Å². The fraction of sp³-hybridized carbons (Fsp3) is 0.538. The first-order valence-corrected chi connectivity index (χ1v) is 5.80. The van der Waals surface area contributed by atoms with Crippen LogP contribution in [-0.2, 0) is 13.0 Å². The first kappa shape index (κ1) is 10.7. The molecule has 0 bridgehead atoms. The Morgan fingerprint density at radius 3 is 3.00 bits per heavy atom. The van der Waals surface area contributed by atoms with E-state index in [1.54, 1.807) is 5.56 Å². The third-order valence-corrected chi connectivity index (χ3v) is 3.13. The molecule has 0 fully saturated rings. The van der Waals surface area contributed by atoms with Gasteiger partial charge in [-0.05, 0) is 44.0 Å². The number of hydrogen-bond donors (Lipinski definition) is 1. The molecule has 1 aromatic carbocycles. The van der Waals surface area contributed by atoms with E-state index in [1.807, 2.05) is 0 Å². The SMILES string of the molecule is Cc1ccc2c(c1)CCN(CCCN)C2. The quantitative estimate of drug-likeness (QED) is 0.812. The molecule has 15 heavy (non-hydrogen) atoms. The third-order valence-electron chi connectivity index (χ3n) is 3.13. The Labute approximate surface area is 92.1 Å². The minimum absolute atomic E-state index is 0.803. The highest BCUT2D eigenvalue weighted by Gasteiger charge is 2.14. The maximum Gasteiger partial charge on any atom is 0.0236 e. The molecule has 2 rings (SSSR count). The normalized spacial score (nSPS) is 16.4. The Kier molecular flexibility index (Phi) is 3.39. The van der Waals surface area contributed by atoms with Gasteiger partial charge < -0.3 is 5.73 Å². The first-order valence-electron chi connectivity index (χ1n) is 5.80. The predicted octanol–water partition coefficient (Wildman–Crippen LogP) is 1.70. The van der Waals surface area contributed by atoms with Crippen molar-refractivity contribution in [2.75, 3.05) is 19.6 Å². The topological polar surface area (TPSA) is 29.3 Å². The second kappa shape index (κ2) is 4.77. The number of nitrogens with zero attached hydrogens (tertiary/aromatic N) is 1. The van der Waals surface area contributed by atoms with E-state index in [4.69, 9.17) is 5.73 Å². The average molecular weight is 204 g/mol. The van der Waals surface area contributed by atoms with E-state index in [-0.39, 0.29) is 0 Å². The lowest BCUT2D eigenvalue weighted by atomic mass is 9.97. The molecule has 0 amide bonds. The molecule has 1 aromatic rings. The Morgan fingerprint density at radius 2 is 2.20 bits per heavy atom. The van der Waals surface area contributed by atoms with Crippen molar-refractivity contribution in [2.24, 2.45) is 5.73 Å². The lowest BCUT2D eigenvalue weighted by molar-refractivity contribution is 0.252. The van der Waals surface area contributed by atoms with Crippen molar-refractivity contribution in [2.45, 2.75) is 26.3 Å². The van der Waals surface area contributed by atoms with Gasteiger partial charge in [-0.2, -0.15) is 0 Å².